The highest BCUT2D eigenvalue weighted by atomic mass is 32.2. The summed E-state index contributed by atoms with van der Waals surface area (Å²) in [4.78, 5) is 39.9. The molecule has 4 aromatic rings. The molecule has 3 amide bonds. The number of methoxy groups -OCH3 is 2. The Balaban J connectivity index is 1.42. The van der Waals surface area contributed by atoms with E-state index < -0.39 is 11.2 Å². The van der Waals surface area contributed by atoms with E-state index in [0.717, 1.165) is 16.0 Å². The summed E-state index contributed by atoms with van der Waals surface area (Å²) in [5.41, 5.74) is 3.49. The van der Waals surface area contributed by atoms with Gasteiger partial charge in [-0.25, -0.2) is 0 Å². The molecule has 0 radical (unpaired) electrons. The number of hydrogen-bond donors (Lipinski definition) is 3. The van der Waals surface area contributed by atoms with Gasteiger partial charge < -0.3 is 25.4 Å². The van der Waals surface area contributed by atoms with Gasteiger partial charge in [-0.3, -0.25) is 14.4 Å². The molecule has 8 nitrogen and oxygen atoms in total. The summed E-state index contributed by atoms with van der Waals surface area (Å²) in [5, 5.41) is 8.08. The Labute approximate surface area is 255 Å². The summed E-state index contributed by atoms with van der Waals surface area (Å²) >= 11 is 1.38. The molecule has 0 aliphatic rings. The molecule has 4 rings (SSSR count). The number of nitrogens with one attached hydrogen (secondary N) is 3. The molecule has 0 saturated carbocycles. The summed E-state index contributed by atoms with van der Waals surface area (Å²) in [6, 6.07) is 28.7. The zero-order valence-corrected chi connectivity index (χ0v) is 25.2. The zero-order chi connectivity index (χ0) is 30.8. The van der Waals surface area contributed by atoms with Gasteiger partial charge >= 0.3 is 0 Å². The molecule has 0 fully saturated rings. The first kappa shape index (κ1) is 30.9. The first-order chi connectivity index (χ1) is 20.7. The van der Waals surface area contributed by atoms with Crippen molar-refractivity contribution >= 4 is 46.9 Å². The molecule has 1 unspecified atom stereocenters. The Bertz CT molecular complexity index is 1600. The van der Waals surface area contributed by atoms with E-state index >= 15 is 0 Å². The van der Waals surface area contributed by atoms with Crippen LogP contribution in [-0.2, 0) is 9.59 Å². The maximum atomic E-state index is 13.3. The van der Waals surface area contributed by atoms with E-state index in [-0.39, 0.29) is 17.5 Å². The topological polar surface area (TPSA) is 106 Å². The lowest BCUT2D eigenvalue weighted by Gasteiger charge is -2.15. The molecular formula is C34H33N3O5S. The van der Waals surface area contributed by atoms with Crippen LogP contribution in [0, 0.1) is 6.92 Å². The largest absolute Gasteiger partial charge is 0.497 e. The molecular weight excluding hydrogens is 562 g/mol. The molecule has 43 heavy (non-hydrogen) atoms. The van der Waals surface area contributed by atoms with Crippen LogP contribution in [0.25, 0.3) is 6.08 Å². The predicted octanol–water partition coefficient (Wildman–Crippen LogP) is 6.54. The second-order valence-electron chi connectivity index (χ2n) is 9.58. The molecule has 0 spiro atoms. The fourth-order valence-electron chi connectivity index (χ4n) is 3.98. The highest BCUT2D eigenvalue weighted by Gasteiger charge is 2.18. The Morgan fingerprint density at radius 3 is 2.16 bits per heavy atom. The number of carbonyl (C=O) groups excluding carboxylic acids is 3. The van der Waals surface area contributed by atoms with Crippen LogP contribution in [0.4, 0.5) is 11.4 Å². The normalized spacial score (nSPS) is 11.7. The van der Waals surface area contributed by atoms with Gasteiger partial charge in [0, 0.05) is 22.2 Å². The van der Waals surface area contributed by atoms with Gasteiger partial charge in [-0.05, 0) is 74.0 Å². The van der Waals surface area contributed by atoms with Crippen molar-refractivity contribution in [3.05, 3.63) is 119 Å². The third-order valence-electron chi connectivity index (χ3n) is 6.38. The van der Waals surface area contributed by atoms with Crippen molar-refractivity contribution in [3.63, 3.8) is 0 Å². The van der Waals surface area contributed by atoms with Crippen LogP contribution in [0.3, 0.4) is 0 Å². The average molecular weight is 596 g/mol. The minimum atomic E-state index is -0.466. The van der Waals surface area contributed by atoms with Crippen molar-refractivity contribution in [2.24, 2.45) is 0 Å². The van der Waals surface area contributed by atoms with Gasteiger partial charge in [0.15, 0.2) is 0 Å². The number of amides is 3. The van der Waals surface area contributed by atoms with Crippen LogP contribution < -0.4 is 25.4 Å². The number of anilines is 2. The zero-order valence-electron chi connectivity index (χ0n) is 24.3. The highest BCUT2D eigenvalue weighted by Crippen LogP contribution is 2.31. The summed E-state index contributed by atoms with van der Waals surface area (Å²) < 4.78 is 10.6. The van der Waals surface area contributed by atoms with Crippen molar-refractivity contribution in [1.82, 2.24) is 5.32 Å². The van der Waals surface area contributed by atoms with E-state index in [1.165, 1.54) is 18.9 Å². The Hall–Kier alpha value is -5.02. The lowest BCUT2D eigenvalue weighted by atomic mass is 10.1. The summed E-state index contributed by atoms with van der Waals surface area (Å²) in [5.74, 6) is 0.0826. The second kappa shape index (κ2) is 14.7. The third-order valence-corrected chi connectivity index (χ3v) is 7.49. The molecule has 3 N–H and O–H groups in total. The van der Waals surface area contributed by atoms with Crippen LogP contribution in [0.15, 0.2) is 108 Å². The first-order valence-corrected chi connectivity index (χ1v) is 14.4. The quantitative estimate of drug-likeness (QED) is 0.134. The van der Waals surface area contributed by atoms with Gasteiger partial charge in [0.25, 0.3) is 11.8 Å². The lowest BCUT2D eigenvalue weighted by Crippen LogP contribution is -2.30. The third kappa shape index (κ3) is 8.73. The van der Waals surface area contributed by atoms with Crippen molar-refractivity contribution in [2.45, 2.75) is 24.0 Å². The monoisotopic (exact) mass is 595 g/mol. The minimum absolute atomic E-state index is 0.107. The van der Waals surface area contributed by atoms with Crippen molar-refractivity contribution in [1.29, 1.82) is 0 Å². The smallest absolute Gasteiger partial charge is 0.272 e. The van der Waals surface area contributed by atoms with Crippen LogP contribution >= 0.6 is 11.8 Å². The van der Waals surface area contributed by atoms with Crippen molar-refractivity contribution in [3.8, 4) is 11.5 Å². The van der Waals surface area contributed by atoms with Gasteiger partial charge in [0.2, 0.25) is 5.91 Å². The van der Waals surface area contributed by atoms with Crippen LogP contribution in [0.2, 0.25) is 0 Å². The number of benzene rings is 4. The fourth-order valence-corrected chi connectivity index (χ4v) is 4.85. The Kier molecular flexibility index (Phi) is 10.6. The summed E-state index contributed by atoms with van der Waals surface area (Å²) in [7, 11) is 3.09. The number of rotatable bonds is 11. The number of carbonyl (C=O) groups is 3. The number of aryl methyl sites for hydroxylation is 1. The summed E-state index contributed by atoms with van der Waals surface area (Å²) in [6.45, 7) is 3.79. The van der Waals surface area contributed by atoms with E-state index in [9.17, 15) is 14.4 Å². The van der Waals surface area contributed by atoms with E-state index in [1.54, 1.807) is 67.8 Å². The van der Waals surface area contributed by atoms with Crippen LogP contribution in [-0.4, -0.2) is 37.2 Å². The molecule has 0 aromatic heterocycles. The van der Waals surface area contributed by atoms with Gasteiger partial charge in [0.05, 0.1) is 25.2 Å². The second-order valence-corrected chi connectivity index (χ2v) is 11.0. The number of thioether (sulfide) groups is 1. The van der Waals surface area contributed by atoms with E-state index in [2.05, 4.69) is 16.0 Å². The average Bonchev–Trinajstić information content (AvgIpc) is 3.03. The molecule has 0 bridgehead atoms. The van der Waals surface area contributed by atoms with E-state index in [0.29, 0.717) is 28.4 Å². The highest BCUT2D eigenvalue weighted by molar-refractivity contribution is 8.00. The number of ether oxygens (including phenoxy) is 2. The van der Waals surface area contributed by atoms with Gasteiger partial charge in [-0.15, -0.1) is 11.8 Å². The molecule has 4 aromatic carbocycles. The molecule has 9 heteroatoms. The molecule has 1 atom stereocenters. The minimum Gasteiger partial charge on any atom is -0.497 e. The van der Waals surface area contributed by atoms with Gasteiger partial charge in [-0.1, -0.05) is 48.0 Å². The van der Waals surface area contributed by atoms with Crippen LogP contribution in [0.1, 0.15) is 28.4 Å². The summed E-state index contributed by atoms with van der Waals surface area (Å²) in [6.07, 6.45) is 1.64. The molecule has 220 valence electrons. The van der Waals surface area contributed by atoms with Gasteiger partial charge in [0.1, 0.15) is 17.2 Å². The number of hydrogen-bond acceptors (Lipinski definition) is 6. The van der Waals surface area contributed by atoms with Crippen molar-refractivity contribution < 1.29 is 23.9 Å². The molecule has 0 heterocycles. The van der Waals surface area contributed by atoms with E-state index in [4.69, 9.17) is 9.47 Å². The SMILES string of the molecule is COc1ccc(NC(=O)C(C)Sc2ccc(NC(=O)/C(=C/c3ccc(C)cc3)NC(=O)c3ccccc3)cc2)c(OC)c1. The fraction of sp³-hybridized carbons (Fsp3) is 0.147. The lowest BCUT2D eigenvalue weighted by molar-refractivity contribution is -0.115. The molecule has 0 saturated heterocycles. The van der Waals surface area contributed by atoms with Gasteiger partial charge in [-0.2, -0.15) is 0 Å². The molecule has 0 aliphatic carbocycles. The Morgan fingerprint density at radius 1 is 0.814 bits per heavy atom. The standard InChI is InChI=1S/C34H33N3O5S/c1-22-10-12-24(13-11-22)20-30(37-33(39)25-8-6-5-7-9-25)34(40)35-26-14-17-28(18-15-26)43-23(2)32(38)36-29-19-16-27(41-3)21-31(29)42-4/h5-21,23H,1-4H3,(H,35,40)(H,36,38)(H,37,39)/b30-20-. The van der Waals surface area contributed by atoms with Crippen molar-refractivity contribution in [2.75, 3.05) is 24.9 Å². The van der Waals surface area contributed by atoms with E-state index in [1.807, 2.05) is 56.3 Å². The first-order valence-electron chi connectivity index (χ1n) is 13.5. The Morgan fingerprint density at radius 2 is 1.51 bits per heavy atom. The molecule has 0 aliphatic heterocycles. The predicted molar refractivity (Wildman–Crippen MR) is 172 cm³/mol. The maximum absolute atomic E-state index is 13.3. The maximum Gasteiger partial charge on any atom is 0.272 e. The van der Waals surface area contributed by atoms with Crippen LogP contribution in [0.5, 0.6) is 11.5 Å².